The Balaban J connectivity index is 3.64. The molecule has 0 saturated heterocycles. The van der Waals surface area contributed by atoms with E-state index >= 15 is 0 Å². The Morgan fingerprint density at radius 1 is 1.47 bits per heavy atom. The van der Waals surface area contributed by atoms with Crippen LogP contribution in [0.5, 0.6) is 0 Å². The van der Waals surface area contributed by atoms with Crippen LogP contribution in [0.4, 0.5) is 10.1 Å². The monoisotopic (exact) mass is 317 g/mol. The van der Waals surface area contributed by atoms with E-state index in [1.54, 1.807) is 0 Å². The Hall–Kier alpha value is -0.730. The first-order valence-electron chi connectivity index (χ1n) is 3.32. The molecule has 0 spiro atoms. The minimum absolute atomic E-state index is 0.498. The van der Waals surface area contributed by atoms with E-state index in [9.17, 15) is 22.9 Å². The van der Waals surface area contributed by atoms with Crippen LogP contribution in [-0.4, -0.2) is 13.3 Å². The van der Waals surface area contributed by atoms with Gasteiger partial charge in [-0.15, -0.1) is 0 Å². The van der Waals surface area contributed by atoms with Crippen molar-refractivity contribution < 1.29 is 17.7 Å². The Kier molecular flexibility index (Phi) is 3.31. The number of hydrogen-bond donors (Lipinski definition) is 0. The summed E-state index contributed by atoms with van der Waals surface area (Å²) in [7, 11) is 0.838. The maximum absolute atomic E-state index is 13.0. The van der Waals surface area contributed by atoms with Crippen LogP contribution in [0.1, 0.15) is 0 Å². The van der Waals surface area contributed by atoms with E-state index in [1.807, 2.05) is 0 Å². The zero-order valence-electron chi connectivity index (χ0n) is 6.78. The van der Waals surface area contributed by atoms with Crippen LogP contribution < -0.4 is 0 Å². The maximum Gasteiger partial charge on any atom is 0.320 e. The Labute approximate surface area is 96.5 Å². The molecule has 0 N–H and O–H groups in total. The van der Waals surface area contributed by atoms with Gasteiger partial charge in [-0.1, -0.05) is 0 Å². The van der Waals surface area contributed by atoms with Crippen LogP contribution in [0, 0.1) is 15.9 Å². The van der Waals surface area contributed by atoms with Gasteiger partial charge in [-0.3, -0.25) is 10.1 Å². The predicted molar refractivity (Wildman–Crippen MR) is 53.8 cm³/mol. The van der Waals surface area contributed by atoms with Crippen LogP contribution in [0.15, 0.2) is 21.5 Å². The van der Waals surface area contributed by atoms with Gasteiger partial charge in [-0.05, 0) is 28.1 Å². The summed E-state index contributed by atoms with van der Waals surface area (Å²) in [6, 6.07) is 1.51. The molecule has 0 aliphatic carbocycles. The molecule has 9 heteroatoms. The average molecular weight is 319 g/mol. The van der Waals surface area contributed by atoms with Gasteiger partial charge in [0, 0.05) is 10.7 Å². The second-order valence-corrected chi connectivity index (χ2v) is 5.73. The highest BCUT2D eigenvalue weighted by Crippen LogP contribution is 2.35. The minimum atomic E-state index is -4.15. The highest BCUT2D eigenvalue weighted by Gasteiger charge is 2.26. The summed E-state index contributed by atoms with van der Waals surface area (Å²) in [6.07, 6.45) is 0. The molecule has 0 atom stereocenters. The van der Waals surface area contributed by atoms with E-state index < -0.39 is 34.8 Å². The minimum Gasteiger partial charge on any atom is -0.258 e. The quantitative estimate of drug-likeness (QED) is 0.476. The summed E-state index contributed by atoms with van der Waals surface area (Å²) < 4.78 is 34.3. The number of nitrogens with zero attached hydrogens (tertiary/aromatic N) is 1. The molecule has 0 unspecified atom stereocenters. The lowest BCUT2D eigenvalue weighted by molar-refractivity contribution is -0.388. The van der Waals surface area contributed by atoms with Crippen molar-refractivity contribution in [3.63, 3.8) is 0 Å². The first-order valence-corrected chi connectivity index (χ1v) is 6.42. The maximum atomic E-state index is 13.0. The van der Waals surface area contributed by atoms with Crippen molar-refractivity contribution in [3.8, 4) is 0 Å². The number of rotatable bonds is 2. The number of hydrogen-bond acceptors (Lipinski definition) is 4. The molecule has 15 heavy (non-hydrogen) atoms. The SMILES string of the molecule is O=[N+]([O-])c1c(F)ccc(S(=O)(=O)Cl)c1Br. The smallest absolute Gasteiger partial charge is 0.258 e. The molecule has 1 aromatic carbocycles. The van der Waals surface area contributed by atoms with Gasteiger partial charge in [0.15, 0.2) is 0 Å². The normalized spacial score (nSPS) is 11.4. The van der Waals surface area contributed by atoms with E-state index in [1.165, 1.54) is 0 Å². The average Bonchev–Trinajstić information content (AvgIpc) is 2.00. The molecule has 0 saturated carbocycles. The van der Waals surface area contributed by atoms with Crippen LogP contribution in [0.3, 0.4) is 0 Å². The Morgan fingerprint density at radius 3 is 2.40 bits per heavy atom. The van der Waals surface area contributed by atoms with Crippen molar-refractivity contribution in [1.29, 1.82) is 0 Å². The van der Waals surface area contributed by atoms with Gasteiger partial charge in [0.2, 0.25) is 5.82 Å². The second kappa shape index (κ2) is 4.03. The van der Waals surface area contributed by atoms with Gasteiger partial charge in [0.1, 0.15) is 9.37 Å². The van der Waals surface area contributed by atoms with E-state index in [0.29, 0.717) is 6.07 Å². The number of nitro groups is 1. The summed E-state index contributed by atoms with van der Waals surface area (Å²) in [6.45, 7) is 0. The fraction of sp³-hybridized carbons (Fsp3) is 0. The molecule has 0 aliphatic rings. The lowest BCUT2D eigenvalue weighted by Gasteiger charge is -2.01. The lowest BCUT2D eigenvalue weighted by atomic mass is 10.3. The second-order valence-electron chi connectivity index (χ2n) is 2.40. The van der Waals surface area contributed by atoms with Crippen molar-refractivity contribution in [1.82, 2.24) is 0 Å². The van der Waals surface area contributed by atoms with E-state index in [4.69, 9.17) is 10.7 Å². The van der Waals surface area contributed by atoms with Crippen LogP contribution in [-0.2, 0) is 9.05 Å². The van der Waals surface area contributed by atoms with Gasteiger partial charge in [0.05, 0.1) is 4.92 Å². The molecule has 0 aliphatic heterocycles. The molecule has 0 aromatic heterocycles. The standard InChI is InChI=1S/C6H2BrClFNO4S/c7-5-4(15(8,13)14)2-1-3(9)6(5)10(11)12/h1-2H. The summed E-state index contributed by atoms with van der Waals surface area (Å²) in [5.74, 6) is -1.14. The zero-order valence-corrected chi connectivity index (χ0v) is 9.94. The molecule has 0 radical (unpaired) electrons. The zero-order chi connectivity index (χ0) is 11.8. The molecule has 5 nitrogen and oxygen atoms in total. The lowest BCUT2D eigenvalue weighted by Crippen LogP contribution is -1.99. The molecule has 1 aromatic rings. The number of nitro benzene ring substituents is 1. The molecule has 0 amide bonds. The van der Waals surface area contributed by atoms with Gasteiger partial charge in [0.25, 0.3) is 9.05 Å². The van der Waals surface area contributed by atoms with E-state index in [2.05, 4.69) is 15.9 Å². The van der Waals surface area contributed by atoms with Crippen molar-refractivity contribution in [2.45, 2.75) is 4.90 Å². The number of benzene rings is 1. The highest BCUT2D eigenvalue weighted by molar-refractivity contribution is 9.10. The topological polar surface area (TPSA) is 77.3 Å². The number of halogens is 3. The molecule has 0 bridgehead atoms. The van der Waals surface area contributed by atoms with E-state index in [0.717, 1.165) is 6.07 Å². The molecule has 1 rings (SSSR count). The molecule has 0 fully saturated rings. The molecule has 82 valence electrons. The third-order valence-electron chi connectivity index (χ3n) is 1.48. The van der Waals surface area contributed by atoms with Crippen molar-refractivity contribution >= 4 is 41.4 Å². The van der Waals surface area contributed by atoms with Gasteiger partial charge >= 0.3 is 5.69 Å². The summed E-state index contributed by atoms with van der Waals surface area (Å²) in [5, 5.41) is 10.4. The third-order valence-corrected chi connectivity index (χ3v) is 3.91. The molecule has 0 heterocycles. The third kappa shape index (κ3) is 2.44. The summed E-state index contributed by atoms with van der Waals surface area (Å²) in [5.41, 5.74) is -0.961. The largest absolute Gasteiger partial charge is 0.320 e. The van der Waals surface area contributed by atoms with Gasteiger partial charge in [-0.2, -0.15) is 4.39 Å². The Bertz CT molecular complexity index is 532. The molecular formula is C6H2BrClFNO4S. The first-order chi connectivity index (χ1) is 6.75. The van der Waals surface area contributed by atoms with Crippen LogP contribution in [0.2, 0.25) is 0 Å². The van der Waals surface area contributed by atoms with Crippen molar-refractivity contribution in [2.24, 2.45) is 0 Å². The van der Waals surface area contributed by atoms with Gasteiger partial charge in [-0.25, -0.2) is 8.42 Å². The molecular weight excluding hydrogens is 316 g/mol. The fourth-order valence-corrected chi connectivity index (χ4v) is 3.19. The summed E-state index contributed by atoms with van der Waals surface area (Å²) in [4.78, 5) is 8.84. The summed E-state index contributed by atoms with van der Waals surface area (Å²) >= 11 is 2.62. The predicted octanol–water partition coefficient (Wildman–Crippen LogP) is 2.42. The first kappa shape index (κ1) is 12.3. The van der Waals surface area contributed by atoms with Crippen molar-refractivity contribution in [3.05, 3.63) is 32.5 Å². The van der Waals surface area contributed by atoms with Crippen molar-refractivity contribution in [2.75, 3.05) is 0 Å². The fourth-order valence-electron chi connectivity index (χ4n) is 0.878. The van der Waals surface area contributed by atoms with E-state index in [-0.39, 0.29) is 0 Å². The van der Waals surface area contributed by atoms with Crippen LogP contribution >= 0.6 is 26.6 Å². The van der Waals surface area contributed by atoms with Gasteiger partial charge < -0.3 is 0 Å². The Morgan fingerprint density at radius 2 is 2.00 bits per heavy atom. The van der Waals surface area contributed by atoms with Crippen LogP contribution in [0.25, 0.3) is 0 Å². The highest BCUT2D eigenvalue weighted by atomic mass is 79.9.